The molecule has 2 aliphatic rings. The van der Waals surface area contributed by atoms with Crippen LogP contribution in [0.1, 0.15) is 38.5 Å². The van der Waals surface area contributed by atoms with E-state index in [2.05, 4.69) is 5.32 Å². The van der Waals surface area contributed by atoms with Crippen molar-refractivity contribution in [3.05, 3.63) is 0 Å². The topological polar surface area (TPSA) is 64.4 Å². The molecule has 0 aromatic carbocycles. The van der Waals surface area contributed by atoms with Crippen LogP contribution < -0.4 is 11.1 Å². The molecular formula is C11H20N2O2. The Bertz CT molecular complexity index is 231. The van der Waals surface area contributed by atoms with Crippen molar-refractivity contribution < 1.29 is 9.53 Å². The van der Waals surface area contributed by atoms with Crippen molar-refractivity contribution in [2.24, 2.45) is 5.73 Å². The summed E-state index contributed by atoms with van der Waals surface area (Å²) in [6, 6.07) is 0.271. The molecule has 86 valence electrons. The second-order valence-electron chi connectivity index (χ2n) is 4.72. The first kappa shape index (κ1) is 10.9. The molecule has 2 rings (SSSR count). The predicted molar refractivity (Wildman–Crippen MR) is 57.4 cm³/mol. The maximum Gasteiger partial charge on any atom is 0.240 e. The first-order valence-electron chi connectivity index (χ1n) is 5.88. The molecule has 2 fully saturated rings. The molecule has 3 N–H and O–H groups in total. The molecule has 1 saturated carbocycles. The summed E-state index contributed by atoms with van der Waals surface area (Å²) in [4.78, 5) is 12.0. The lowest BCUT2D eigenvalue weighted by Crippen LogP contribution is -2.55. The molecule has 0 radical (unpaired) electrons. The van der Waals surface area contributed by atoms with Crippen LogP contribution in [-0.2, 0) is 9.53 Å². The van der Waals surface area contributed by atoms with Gasteiger partial charge in [-0.25, -0.2) is 0 Å². The minimum Gasteiger partial charge on any atom is -0.381 e. The van der Waals surface area contributed by atoms with Crippen molar-refractivity contribution in [3.63, 3.8) is 0 Å². The number of carbonyl (C=O) groups excluding carboxylic acids is 1. The minimum absolute atomic E-state index is 0.0481. The van der Waals surface area contributed by atoms with Crippen LogP contribution in [0, 0.1) is 0 Å². The third kappa shape index (κ3) is 2.49. The van der Waals surface area contributed by atoms with Gasteiger partial charge in [-0.2, -0.15) is 0 Å². The predicted octanol–water partition coefficient (Wildman–Crippen LogP) is 0.553. The number of rotatable bonds is 2. The molecule has 0 spiro atoms. The molecule has 0 aromatic heterocycles. The summed E-state index contributed by atoms with van der Waals surface area (Å²) in [5.74, 6) is 0.0481. The van der Waals surface area contributed by atoms with Gasteiger partial charge in [0.2, 0.25) is 5.91 Å². The van der Waals surface area contributed by atoms with E-state index in [4.69, 9.17) is 10.5 Å². The van der Waals surface area contributed by atoms with Gasteiger partial charge < -0.3 is 15.8 Å². The van der Waals surface area contributed by atoms with Gasteiger partial charge in [0, 0.05) is 19.3 Å². The SMILES string of the molecule is NC1(C(=O)NC2CCOCC2)CCCC1. The smallest absolute Gasteiger partial charge is 0.240 e. The van der Waals surface area contributed by atoms with Crippen LogP contribution in [0.3, 0.4) is 0 Å². The first-order chi connectivity index (χ1) is 7.21. The molecule has 0 aromatic rings. The van der Waals surface area contributed by atoms with E-state index in [0.29, 0.717) is 0 Å². The van der Waals surface area contributed by atoms with E-state index in [0.717, 1.165) is 51.7 Å². The van der Waals surface area contributed by atoms with Gasteiger partial charge in [0.25, 0.3) is 0 Å². The Hall–Kier alpha value is -0.610. The summed E-state index contributed by atoms with van der Waals surface area (Å²) in [6.45, 7) is 1.50. The summed E-state index contributed by atoms with van der Waals surface area (Å²) in [5, 5.41) is 3.06. The van der Waals surface area contributed by atoms with E-state index in [1.54, 1.807) is 0 Å². The third-order valence-corrected chi connectivity index (χ3v) is 3.50. The van der Waals surface area contributed by atoms with Gasteiger partial charge in [0.15, 0.2) is 0 Å². The first-order valence-corrected chi connectivity index (χ1v) is 5.88. The second-order valence-corrected chi connectivity index (χ2v) is 4.72. The van der Waals surface area contributed by atoms with Gasteiger partial charge >= 0.3 is 0 Å². The van der Waals surface area contributed by atoms with Crippen LogP contribution >= 0.6 is 0 Å². The lowest BCUT2D eigenvalue weighted by atomic mass is 9.97. The lowest BCUT2D eigenvalue weighted by Gasteiger charge is -2.28. The largest absolute Gasteiger partial charge is 0.381 e. The molecule has 4 heteroatoms. The highest BCUT2D eigenvalue weighted by Gasteiger charge is 2.37. The van der Waals surface area contributed by atoms with Gasteiger partial charge in [0.05, 0.1) is 5.54 Å². The fourth-order valence-electron chi connectivity index (χ4n) is 2.40. The second kappa shape index (κ2) is 4.49. The summed E-state index contributed by atoms with van der Waals surface area (Å²) in [6.07, 6.45) is 5.67. The Morgan fingerprint density at radius 2 is 1.87 bits per heavy atom. The standard InChI is InChI=1S/C11H20N2O2/c12-11(5-1-2-6-11)10(14)13-9-3-7-15-8-4-9/h9H,1-8,12H2,(H,13,14). The molecule has 0 atom stereocenters. The average molecular weight is 212 g/mol. The molecule has 4 nitrogen and oxygen atoms in total. The van der Waals surface area contributed by atoms with Crippen LogP contribution in [-0.4, -0.2) is 30.7 Å². The molecule has 1 aliphatic heterocycles. The van der Waals surface area contributed by atoms with Gasteiger partial charge in [-0.15, -0.1) is 0 Å². The number of carbonyl (C=O) groups is 1. The highest BCUT2D eigenvalue weighted by molar-refractivity contribution is 5.86. The number of amides is 1. The van der Waals surface area contributed by atoms with Gasteiger partial charge in [-0.3, -0.25) is 4.79 Å². The Morgan fingerprint density at radius 3 is 2.47 bits per heavy atom. The lowest BCUT2D eigenvalue weighted by molar-refractivity contribution is -0.127. The van der Waals surface area contributed by atoms with Gasteiger partial charge in [0.1, 0.15) is 0 Å². The van der Waals surface area contributed by atoms with Crippen molar-refractivity contribution >= 4 is 5.91 Å². The van der Waals surface area contributed by atoms with E-state index in [9.17, 15) is 4.79 Å². The Balaban J connectivity index is 1.85. The molecule has 1 aliphatic carbocycles. The number of hydrogen-bond donors (Lipinski definition) is 2. The summed E-state index contributed by atoms with van der Waals surface area (Å²) >= 11 is 0. The zero-order chi connectivity index (χ0) is 10.7. The van der Waals surface area contributed by atoms with Gasteiger partial charge in [-0.05, 0) is 25.7 Å². The number of nitrogens with one attached hydrogen (secondary N) is 1. The fourth-order valence-corrected chi connectivity index (χ4v) is 2.40. The maximum atomic E-state index is 12.0. The van der Waals surface area contributed by atoms with Crippen molar-refractivity contribution in [2.75, 3.05) is 13.2 Å². The van der Waals surface area contributed by atoms with Crippen molar-refractivity contribution in [1.82, 2.24) is 5.32 Å². The molecule has 15 heavy (non-hydrogen) atoms. The quantitative estimate of drug-likeness (QED) is 0.702. The molecule has 0 bridgehead atoms. The monoisotopic (exact) mass is 212 g/mol. The van der Waals surface area contributed by atoms with Crippen molar-refractivity contribution in [2.45, 2.75) is 50.1 Å². The summed E-state index contributed by atoms with van der Waals surface area (Å²) in [5.41, 5.74) is 5.49. The normalized spacial score (nSPS) is 26.5. The Morgan fingerprint density at radius 1 is 1.27 bits per heavy atom. The highest BCUT2D eigenvalue weighted by atomic mass is 16.5. The van der Waals surface area contributed by atoms with E-state index < -0.39 is 5.54 Å². The Kier molecular flexibility index (Phi) is 3.26. The summed E-state index contributed by atoms with van der Waals surface area (Å²) in [7, 11) is 0. The zero-order valence-electron chi connectivity index (χ0n) is 9.13. The number of nitrogens with two attached hydrogens (primary N) is 1. The van der Waals surface area contributed by atoms with E-state index >= 15 is 0 Å². The minimum atomic E-state index is -0.585. The molecule has 1 amide bonds. The van der Waals surface area contributed by atoms with E-state index in [1.807, 2.05) is 0 Å². The number of hydrogen-bond acceptors (Lipinski definition) is 3. The van der Waals surface area contributed by atoms with Crippen LogP contribution in [0.25, 0.3) is 0 Å². The number of ether oxygens (including phenoxy) is 1. The molecule has 1 saturated heterocycles. The van der Waals surface area contributed by atoms with Gasteiger partial charge in [-0.1, -0.05) is 12.8 Å². The van der Waals surface area contributed by atoms with Crippen LogP contribution in [0.2, 0.25) is 0 Å². The highest BCUT2D eigenvalue weighted by Crippen LogP contribution is 2.27. The maximum absolute atomic E-state index is 12.0. The average Bonchev–Trinajstić information content (AvgIpc) is 2.68. The summed E-state index contributed by atoms with van der Waals surface area (Å²) < 4.78 is 5.25. The zero-order valence-corrected chi connectivity index (χ0v) is 9.13. The van der Waals surface area contributed by atoms with E-state index in [1.165, 1.54) is 0 Å². The van der Waals surface area contributed by atoms with Crippen molar-refractivity contribution in [3.8, 4) is 0 Å². The Labute approximate surface area is 90.5 Å². The fraction of sp³-hybridized carbons (Fsp3) is 0.909. The van der Waals surface area contributed by atoms with Crippen LogP contribution in [0.4, 0.5) is 0 Å². The molecule has 0 unspecified atom stereocenters. The van der Waals surface area contributed by atoms with Crippen molar-refractivity contribution in [1.29, 1.82) is 0 Å². The molecular weight excluding hydrogens is 192 g/mol. The molecule has 1 heterocycles. The van der Waals surface area contributed by atoms with Crippen LogP contribution in [0.15, 0.2) is 0 Å². The van der Waals surface area contributed by atoms with E-state index in [-0.39, 0.29) is 11.9 Å². The van der Waals surface area contributed by atoms with Crippen LogP contribution in [0.5, 0.6) is 0 Å². The third-order valence-electron chi connectivity index (χ3n) is 3.50.